The van der Waals surface area contributed by atoms with Crippen LogP contribution < -0.4 is 5.32 Å². The minimum atomic E-state index is 1.05. The molecule has 0 unspecified atom stereocenters. The third kappa shape index (κ3) is 8.13. The molecule has 0 aliphatic heterocycles. The number of anilines is 2. The zero-order valence-electron chi connectivity index (χ0n) is 25.1. The van der Waals surface area contributed by atoms with Gasteiger partial charge in [-0.15, -0.1) is 0 Å². The van der Waals surface area contributed by atoms with Gasteiger partial charge in [0.1, 0.15) is 0 Å². The first kappa shape index (κ1) is 29.2. The van der Waals surface area contributed by atoms with Gasteiger partial charge in [0.25, 0.3) is 0 Å². The summed E-state index contributed by atoms with van der Waals surface area (Å²) in [5.41, 5.74) is 11.6. The van der Waals surface area contributed by atoms with E-state index in [-0.39, 0.29) is 0 Å². The Balaban J connectivity index is 1.10. The number of rotatable bonds is 10. The van der Waals surface area contributed by atoms with Crippen LogP contribution >= 0.6 is 0 Å². The van der Waals surface area contributed by atoms with Crippen molar-refractivity contribution in [3.05, 3.63) is 228 Å². The van der Waals surface area contributed by atoms with E-state index in [1.807, 2.05) is 0 Å². The Morgan fingerprint density at radius 1 is 0.333 bits per heavy atom. The quantitative estimate of drug-likeness (QED) is 0.160. The third-order valence-electron chi connectivity index (χ3n) is 7.55. The zero-order valence-corrected chi connectivity index (χ0v) is 25.1. The predicted octanol–water partition coefficient (Wildman–Crippen LogP) is 11.7. The lowest BCUT2D eigenvalue weighted by atomic mass is 9.97. The maximum absolute atomic E-state index is 3.52. The fourth-order valence-electron chi connectivity index (χ4n) is 5.22. The fraction of sp³-hybridized carbons (Fsp3) is 0. The van der Waals surface area contributed by atoms with Crippen LogP contribution in [0.5, 0.6) is 0 Å². The second-order valence-electron chi connectivity index (χ2n) is 10.7. The topological polar surface area (TPSA) is 12.0 Å². The predicted molar refractivity (Wildman–Crippen MR) is 194 cm³/mol. The van der Waals surface area contributed by atoms with E-state index in [0.717, 1.165) is 22.5 Å². The van der Waals surface area contributed by atoms with Gasteiger partial charge in [-0.1, -0.05) is 182 Å². The minimum Gasteiger partial charge on any atom is -0.356 e. The van der Waals surface area contributed by atoms with Crippen LogP contribution in [-0.2, 0) is 0 Å². The van der Waals surface area contributed by atoms with E-state index in [9.17, 15) is 0 Å². The van der Waals surface area contributed by atoms with E-state index in [0.29, 0.717) is 0 Å². The molecule has 0 aliphatic carbocycles. The minimum absolute atomic E-state index is 1.05. The molecular formula is C44H35N. The monoisotopic (exact) mass is 577 g/mol. The summed E-state index contributed by atoms with van der Waals surface area (Å²) < 4.78 is 0. The van der Waals surface area contributed by atoms with Gasteiger partial charge in [-0.2, -0.15) is 0 Å². The molecule has 6 aromatic carbocycles. The van der Waals surface area contributed by atoms with Gasteiger partial charge in [-0.25, -0.2) is 0 Å². The number of benzene rings is 6. The molecule has 0 atom stereocenters. The van der Waals surface area contributed by atoms with Gasteiger partial charge in [0.2, 0.25) is 0 Å². The Morgan fingerprint density at radius 3 is 0.911 bits per heavy atom. The Morgan fingerprint density at radius 2 is 0.622 bits per heavy atom. The van der Waals surface area contributed by atoms with Crippen LogP contribution in [-0.4, -0.2) is 0 Å². The smallest absolute Gasteiger partial charge is 0.0384 e. The van der Waals surface area contributed by atoms with Crippen molar-refractivity contribution in [1.82, 2.24) is 0 Å². The highest BCUT2D eigenvalue weighted by Crippen LogP contribution is 2.25. The molecular weight excluding hydrogens is 542 g/mol. The maximum Gasteiger partial charge on any atom is 0.0384 e. The molecule has 0 saturated carbocycles. The van der Waals surface area contributed by atoms with E-state index < -0.39 is 0 Å². The molecule has 0 radical (unpaired) electrons. The summed E-state index contributed by atoms with van der Waals surface area (Å²) in [6.45, 7) is 0. The molecule has 0 fully saturated rings. The summed E-state index contributed by atoms with van der Waals surface area (Å²) in [5.74, 6) is 0. The van der Waals surface area contributed by atoms with Gasteiger partial charge < -0.3 is 5.32 Å². The van der Waals surface area contributed by atoms with Gasteiger partial charge in [-0.05, 0) is 68.8 Å². The van der Waals surface area contributed by atoms with Crippen molar-refractivity contribution in [1.29, 1.82) is 0 Å². The van der Waals surface area contributed by atoms with Crippen molar-refractivity contribution in [2.75, 3.05) is 5.32 Å². The Hall–Kier alpha value is -5.92. The zero-order chi connectivity index (χ0) is 30.5. The Labute approximate surface area is 266 Å². The van der Waals surface area contributed by atoms with Crippen LogP contribution in [0.3, 0.4) is 0 Å². The lowest BCUT2D eigenvalue weighted by Gasteiger charge is -2.08. The number of allylic oxidation sites excluding steroid dienone is 4. The largest absolute Gasteiger partial charge is 0.356 e. The molecule has 45 heavy (non-hydrogen) atoms. The van der Waals surface area contributed by atoms with Crippen LogP contribution in [0.4, 0.5) is 11.4 Å². The maximum atomic E-state index is 3.52. The average Bonchev–Trinajstić information content (AvgIpc) is 3.11. The van der Waals surface area contributed by atoms with Gasteiger partial charge in [0.15, 0.2) is 0 Å². The fourth-order valence-corrected chi connectivity index (χ4v) is 5.22. The number of nitrogens with one attached hydrogen (secondary N) is 1. The summed E-state index contributed by atoms with van der Waals surface area (Å²) in [6, 6.07) is 59.1. The van der Waals surface area contributed by atoms with Gasteiger partial charge in [0, 0.05) is 11.4 Å². The first-order valence-corrected chi connectivity index (χ1v) is 15.3. The molecule has 1 nitrogen and oxygen atoms in total. The van der Waals surface area contributed by atoms with Crippen LogP contribution in [0.15, 0.2) is 194 Å². The second kappa shape index (κ2) is 15.0. The van der Waals surface area contributed by atoms with Crippen LogP contribution in [0.2, 0.25) is 0 Å². The molecule has 0 saturated heterocycles. The van der Waals surface area contributed by atoms with E-state index in [1.165, 1.54) is 33.4 Å². The molecule has 6 rings (SSSR count). The molecule has 1 N–H and O–H groups in total. The molecule has 1 heteroatoms. The standard InChI is InChI=1S/C44H35N/c1-5-17-37(18-6-1)43(38-19-7-2-8-20-38)25-13-15-35-27-31-41(32-28-35)45-42-33-29-36(30-34-42)16-14-26-44(39-21-9-3-10-22-39)40-23-11-4-12-24-40/h1-34,45H/b15-13+,16-14+. The first-order valence-electron chi connectivity index (χ1n) is 15.3. The number of hydrogen-bond donors (Lipinski definition) is 1. The lowest BCUT2D eigenvalue weighted by Crippen LogP contribution is -1.90. The average molecular weight is 578 g/mol. The third-order valence-corrected chi connectivity index (χ3v) is 7.55. The van der Waals surface area contributed by atoms with Crippen LogP contribution in [0.1, 0.15) is 33.4 Å². The van der Waals surface area contributed by atoms with Crippen molar-refractivity contribution in [2.24, 2.45) is 0 Å². The van der Waals surface area contributed by atoms with Crippen molar-refractivity contribution in [3.63, 3.8) is 0 Å². The molecule has 0 aromatic heterocycles. The normalized spacial score (nSPS) is 10.9. The van der Waals surface area contributed by atoms with Crippen molar-refractivity contribution >= 4 is 34.7 Å². The number of hydrogen-bond acceptors (Lipinski definition) is 1. The van der Waals surface area contributed by atoms with E-state index in [4.69, 9.17) is 0 Å². The van der Waals surface area contributed by atoms with Crippen molar-refractivity contribution in [3.8, 4) is 0 Å². The highest BCUT2D eigenvalue weighted by Gasteiger charge is 2.04. The molecule has 0 aliphatic rings. The highest BCUT2D eigenvalue weighted by atomic mass is 14.9. The molecule has 0 bridgehead atoms. The first-order chi connectivity index (χ1) is 22.3. The second-order valence-corrected chi connectivity index (χ2v) is 10.7. The summed E-state index contributed by atoms with van der Waals surface area (Å²) >= 11 is 0. The van der Waals surface area contributed by atoms with E-state index in [1.54, 1.807) is 0 Å². The molecule has 0 heterocycles. The van der Waals surface area contributed by atoms with E-state index in [2.05, 4.69) is 212 Å². The summed E-state index contributed by atoms with van der Waals surface area (Å²) in [7, 11) is 0. The van der Waals surface area contributed by atoms with Gasteiger partial charge in [-0.3, -0.25) is 0 Å². The molecule has 0 spiro atoms. The molecule has 216 valence electrons. The summed E-state index contributed by atoms with van der Waals surface area (Å²) in [6.07, 6.45) is 12.9. The summed E-state index contributed by atoms with van der Waals surface area (Å²) in [4.78, 5) is 0. The SMILES string of the molecule is C(/C=C/c1ccc(Nc2ccc(/C=C/C=C(c3ccccc3)c3ccccc3)cc2)cc1)=C(c1ccccc1)c1ccccc1. The molecule has 0 amide bonds. The van der Waals surface area contributed by atoms with E-state index >= 15 is 0 Å². The lowest BCUT2D eigenvalue weighted by molar-refractivity contribution is 1.53. The highest BCUT2D eigenvalue weighted by molar-refractivity contribution is 5.82. The summed E-state index contributed by atoms with van der Waals surface area (Å²) in [5, 5.41) is 3.52. The van der Waals surface area contributed by atoms with Gasteiger partial charge >= 0.3 is 0 Å². The molecule has 6 aromatic rings. The Kier molecular flexibility index (Phi) is 9.72. The van der Waals surface area contributed by atoms with Gasteiger partial charge in [0.05, 0.1) is 0 Å². The Bertz CT molecular complexity index is 1670. The van der Waals surface area contributed by atoms with Crippen LogP contribution in [0, 0.1) is 0 Å². The van der Waals surface area contributed by atoms with Crippen LogP contribution in [0.25, 0.3) is 23.3 Å². The van der Waals surface area contributed by atoms with Crippen molar-refractivity contribution < 1.29 is 0 Å². The van der Waals surface area contributed by atoms with Crippen molar-refractivity contribution in [2.45, 2.75) is 0 Å².